The Kier molecular flexibility index (Phi) is 27.4. The fourth-order valence-electron chi connectivity index (χ4n) is 0.565. The summed E-state index contributed by atoms with van der Waals surface area (Å²) in [7, 11) is 1.50. The second-order valence-electron chi connectivity index (χ2n) is 2.51. The number of ether oxygens (including phenoxy) is 3. The van der Waals surface area contributed by atoms with Crippen LogP contribution in [0.15, 0.2) is 0 Å². The molecule has 0 amide bonds. The van der Waals surface area contributed by atoms with E-state index < -0.39 is 11.9 Å². The average molecular weight is 615 g/mol. The maximum Gasteiger partial charge on any atom is 0.344 e. The van der Waals surface area contributed by atoms with Crippen LogP contribution >= 0.6 is 37.2 Å². The van der Waals surface area contributed by atoms with Crippen molar-refractivity contribution in [3.05, 3.63) is 0 Å². The second-order valence-corrected chi connectivity index (χ2v) is 18.8. The number of hydrogen-bond acceptors (Lipinski definition) is 6. The third-order valence-electron chi connectivity index (χ3n) is 1.05. The monoisotopic (exact) mass is 615 g/mol. The van der Waals surface area contributed by atoms with Crippen molar-refractivity contribution in [1.82, 2.24) is 0 Å². The van der Waals surface area contributed by atoms with Gasteiger partial charge in [0.15, 0.2) is 19.0 Å². The van der Waals surface area contributed by atoms with E-state index in [4.69, 9.17) is 0 Å². The number of carbonyl (C=O) groups excluding carboxylic acids is 3. The SMILES string of the molecule is CC.COCC(C)=O.I[I-]I.O=C1COC(=O)CO1. The van der Waals surface area contributed by atoms with Gasteiger partial charge in [-0.3, -0.25) is 4.79 Å². The standard InChI is InChI=1S/C4H4O4.C4H8O2.C2H6.I3/c5-3-1-7-4(6)2-8-3;1-4(5)3-6-2;1-2;1-3-2/h1-2H2;3H2,1-2H3;1-2H3;/q;;;-1. The molecule has 1 aliphatic heterocycles. The molecule has 0 unspecified atom stereocenters. The molecule has 1 fully saturated rings. The molecule has 1 aliphatic rings. The van der Waals surface area contributed by atoms with E-state index in [-0.39, 0.29) is 25.6 Å². The molecule has 0 aromatic heterocycles. The van der Waals surface area contributed by atoms with Crippen molar-refractivity contribution in [3.8, 4) is 0 Å². The quantitative estimate of drug-likeness (QED) is 0.297. The Labute approximate surface area is 143 Å². The summed E-state index contributed by atoms with van der Waals surface area (Å²) in [5.41, 5.74) is 0. The van der Waals surface area contributed by atoms with E-state index in [1.54, 1.807) is 0 Å². The Bertz CT molecular complexity index is 219. The van der Waals surface area contributed by atoms with Gasteiger partial charge in [-0.2, -0.15) is 0 Å². The Morgan fingerprint density at radius 3 is 1.63 bits per heavy atom. The van der Waals surface area contributed by atoms with Crippen LogP contribution in [-0.2, 0) is 28.6 Å². The summed E-state index contributed by atoms with van der Waals surface area (Å²) in [5.74, 6) is -0.897. The molecular formula is C10H18I3O6-. The first-order valence-electron chi connectivity index (χ1n) is 5.14. The molecule has 116 valence electrons. The molecule has 9 heteroatoms. The summed E-state index contributed by atoms with van der Waals surface area (Å²) in [4.78, 5) is 30.1. The van der Waals surface area contributed by atoms with Gasteiger partial charge >= 0.3 is 62.4 Å². The van der Waals surface area contributed by atoms with Gasteiger partial charge in [-0.05, 0) is 6.92 Å². The van der Waals surface area contributed by atoms with Crippen LogP contribution in [0.2, 0.25) is 0 Å². The molecule has 0 N–H and O–H groups in total. The van der Waals surface area contributed by atoms with Crippen LogP contribution < -0.4 is 13.3 Å². The summed E-state index contributed by atoms with van der Waals surface area (Å²) in [5, 5.41) is 0. The normalized spacial score (nSPS) is 12.3. The van der Waals surface area contributed by atoms with Crippen molar-refractivity contribution in [2.24, 2.45) is 0 Å². The van der Waals surface area contributed by atoms with E-state index in [0.717, 1.165) is 0 Å². The van der Waals surface area contributed by atoms with E-state index in [1.165, 1.54) is 14.0 Å². The van der Waals surface area contributed by atoms with Crippen molar-refractivity contribution in [3.63, 3.8) is 0 Å². The Hall–Kier alpha value is 0.760. The maximum absolute atomic E-state index is 10.1. The molecule has 1 saturated heterocycles. The van der Waals surface area contributed by atoms with Crippen LogP contribution in [0.3, 0.4) is 0 Å². The minimum atomic E-state index is -0.482. The van der Waals surface area contributed by atoms with Gasteiger partial charge in [0.25, 0.3) is 0 Å². The Balaban J connectivity index is -0.000000207. The molecule has 19 heavy (non-hydrogen) atoms. The van der Waals surface area contributed by atoms with Gasteiger partial charge in [-0.15, -0.1) is 0 Å². The van der Waals surface area contributed by atoms with Crippen LogP contribution in [0.4, 0.5) is 0 Å². The largest absolute Gasteiger partial charge is 0.451 e. The third kappa shape index (κ3) is 27.8. The molecule has 0 atom stereocenters. The minimum absolute atomic E-state index is 0.0671. The number of Topliss-reactive ketones (excluding diaryl/α,β-unsaturated/α-hetero) is 1. The van der Waals surface area contributed by atoms with Crippen LogP contribution in [0.25, 0.3) is 0 Å². The molecule has 0 saturated carbocycles. The number of esters is 2. The third-order valence-corrected chi connectivity index (χ3v) is 1.05. The first kappa shape index (κ1) is 24.8. The maximum atomic E-state index is 10.1. The molecule has 0 spiro atoms. The number of ketones is 1. The predicted octanol–water partition coefficient (Wildman–Crippen LogP) is -0.890. The molecule has 1 heterocycles. The molecule has 0 radical (unpaired) electrons. The minimum Gasteiger partial charge on any atom is -0.451 e. The van der Waals surface area contributed by atoms with Crippen molar-refractivity contribution in [1.29, 1.82) is 0 Å². The fourth-order valence-corrected chi connectivity index (χ4v) is 0.565. The Morgan fingerprint density at radius 1 is 1.21 bits per heavy atom. The first-order valence-corrected chi connectivity index (χ1v) is 17.7. The topological polar surface area (TPSA) is 78.9 Å². The summed E-state index contributed by atoms with van der Waals surface area (Å²) in [6, 6.07) is 0. The van der Waals surface area contributed by atoms with Gasteiger partial charge in [0.2, 0.25) is 0 Å². The van der Waals surface area contributed by atoms with Crippen molar-refractivity contribution >= 4 is 55.0 Å². The second kappa shape index (κ2) is 21.1. The number of halogens is 3. The molecule has 6 nitrogen and oxygen atoms in total. The zero-order valence-electron chi connectivity index (χ0n) is 11.2. The zero-order chi connectivity index (χ0) is 15.7. The molecule has 0 aliphatic carbocycles. The van der Waals surface area contributed by atoms with Crippen molar-refractivity contribution in [2.75, 3.05) is 26.9 Å². The van der Waals surface area contributed by atoms with Crippen LogP contribution in [0.1, 0.15) is 20.8 Å². The van der Waals surface area contributed by atoms with Crippen molar-refractivity contribution in [2.45, 2.75) is 20.8 Å². The van der Waals surface area contributed by atoms with Crippen LogP contribution in [0, 0.1) is 0 Å². The van der Waals surface area contributed by atoms with Gasteiger partial charge in [0.1, 0.15) is 6.61 Å². The predicted molar refractivity (Wildman–Crippen MR) is 83.9 cm³/mol. The number of hydrogen-bond donors (Lipinski definition) is 0. The number of rotatable bonds is 2. The first-order chi connectivity index (χ1) is 8.97. The van der Waals surface area contributed by atoms with E-state index in [9.17, 15) is 14.4 Å². The summed E-state index contributed by atoms with van der Waals surface area (Å²) >= 11 is 5.30. The van der Waals surface area contributed by atoms with Crippen LogP contribution in [0.5, 0.6) is 0 Å². The van der Waals surface area contributed by atoms with E-state index >= 15 is 0 Å². The van der Waals surface area contributed by atoms with Gasteiger partial charge in [-0.25, -0.2) is 9.59 Å². The van der Waals surface area contributed by atoms with Gasteiger partial charge < -0.3 is 14.2 Å². The van der Waals surface area contributed by atoms with Crippen LogP contribution in [-0.4, -0.2) is 44.7 Å². The average Bonchev–Trinajstić information content (AvgIpc) is 2.37. The fraction of sp³-hybridized carbons (Fsp3) is 0.700. The summed E-state index contributed by atoms with van der Waals surface area (Å²) < 4.78 is 13.0. The number of methoxy groups -OCH3 is 1. The van der Waals surface area contributed by atoms with E-state index in [2.05, 4.69) is 51.4 Å². The van der Waals surface area contributed by atoms with Crippen molar-refractivity contribution < 1.29 is 41.8 Å². The zero-order valence-corrected chi connectivity index (χ0v) is 17.7. The van der Waals surface area contributed by atoms with E-state index in [0.29, 0.717) is 13.3 Å². The molecular weight excluding hydrogens is 597 g/mol. The molecule has 0 bridgehead atoms. The van der Waals surface area contributed by atoms with Gasteiger partial charge in [0.05, 0.1) is 0 Å². The summed E-state index contributed by atoms with van der Waals surface area (Å²) in [6.45, 7) is 5.25. The Morgan fingerprint density at radius 2 is 1.53 bits per heavy atom. The number of carbonyl (C=O) groups is 3. The molecule has 1 rings (SSSR count). The van der Waals surface area contributed by atoms with Gasteiger partial charge in [-0.1, -0.05) is 13.8 Å². The van der Waals surface area contributed by atoms with E-state index in [1.807, 2.05) is 13.8 Å². The molecule has 0 aromatic rings. The number of cyclic esters (lactones) is 2. The smallest absolute Gasteiger partial charge is 0.344 e. The van der Waals surface area contributed by atoms with Gasteiger partial charge in [0, 0.05) is 7.11 Å². The summed E-state index contributed by atoms with van der Waals surface area (Å²) in [6.07, 6.45) is 0. The molecule has 0 aromatic carbocycles.